The van der Waals surface area contributed by atoms with E-state index in [1.165, 1.54) is 16.4 Å². The fourth-order valence-corrected chi connectivity index (χ4v) is 5.58. The van der Waals surface area contributed by atoms with Crippen LogP contribution in [0.5, 0.6) is 0 Å². The van der Waals surface area contributed by atoms with E-state index in [1.807, 2.05) is 24.3 Å². The van der Waals surface area contributed by atoms with Crippen molar-refractivity contribution in [2.45, 2.75) is 37.1 Å². The van der Waals surface area contributed by atoms with E-state index >= 15 is 0 Å². The minimum absolute atomic E-state index is 0.0404. The highest BCUT2D eigenvalue weighted by Gasteiger charge is 2.29. The van der Waals surface area contributed by atoms with Crippen LogP contribution in [0.3, 0.4) is 0 Å². The minimum Gasteiger partial charge on any atom is -0.480 e. The fourth-order valence-electron chi connectivity index (χ4n) is 4.04. The first-order valence-electron chi connectivity index (χ1n) is 10.5. The molecule has 0 saturated carbocycles. The Kier molecular flexibility index (Phi) is 6.03. The summed E-state index contributed by atoms with van der Waals surface area (Å²) in [6.07, 6.45) is 3.45. The third kappa shape index (κ3) is 4.26. The molecule has 0 bridgehead atoms. The minimum atomic E-state index is -3.69. The van der Waals surface area contributed by atoms with Gasteiger partial charge in [-0.3, -0.25) is 4.79 Å². The Hall–Kier alpha value is -3.17. The maximum Gasteiger partial charge on any atom is 0.326 e. The first-order valence-corrected chi connectivity index (χ1v) is 11.9. The highest BCUT2D eigenvalue weighted by Crippen LogP contribution is 2.24. The zero-order valence-corrected chi connectivity index (χ0v) is 18.5. The lowest BCUT2D eigenvalue weighted by atomic mass is 10.0. The topological polar surface area (TPSA) is 120 Å². The van der Waals surface area contributed by atoms with Gasteiger partial charge in [0.15, 0.2) is 0 Å². The number of carboxylic acids is 1. The van der Waals surface area contributed by atoms with Crippen molar-refractivity contribution in [3.8, 4) is 0 Å². The molecule has 32 heavy (non-hydrogen) atoms. The lowest BCUT2D eigenvalue weighted by molar-refractivity contribution is -0.139. The number of rotatable bonds is 7. The molecule has 1 fully saturated rings. The molecule has 1 aliphatic heterocycles. The zero-order chi connectivity index (χ0) is 22.9. The maximum absolute atomic E-state index is 13.0. The summed E-state index contributed by atoms with van der Waals surface area (Å²) in [5.41, 5.74) is 2.37. The SMILES string of the molecule is Cc1ccc(S(=O)(=O)N2CCCC2)cc1C(=O)N[C@H](Cc1c[nH]c2ccccc12)C(=O)O. The number of carbonyl (C=O) groups is 2. The van der Waals surface area contributed by atoms with Crippen LogP contribution in [0.4, 0.5) is 0 Å². The van der Waals surface area contributed by atoms with Gasteiger partial charge >= 0.3 is 5.97 Å². The molecule has 3 N–H and O–H groups in total. The first-order chi connectivity index (χ1) is 15.3. The molecule has 2 heterocycles. The van der Waals surface area contributed by atoms with Crippen LogP contribution in [0.15, 0.2) is 53.6 Å². The van der Waals surface area contributed by atoms with Crippen molar-refractivity contribution < 1.29 is 23.1 Å². The van der Waals surface area contributed by atoms with Crippen LogP contribution in [-0.2, 0) is 21.2 Å². The Morgan fingerprint density at radius 2 is 1.88 bits per heavy atom. The molecule has 168 valence electrons. The van der Waals surface area contributed by atoms with Crippen LogP contribution in [0.2, 0.25) is 0 Å². The molecular formula is C23H25N3O5S. The van der Waals surface area contributed by atoms with Gasteiger partial charge in [-0.15, -0.1) is 0 Å². The van der Waals surface area contributed by atoms with Gasteiger partial charge in [0.2, 0.25) is 10.0 Å². The van der Waals surface area contributed by atoms with Gasteiger partial charge in [0.05, 0.1) is 4.90 Å². The molecule has 3 aromatic rings. The van der Waals surface area contributed by atoms with Crippen LogP contribution in [0, 0.1) is 6.92 Å². The number of para-hydroxylation sites is 1. The highest BCUT2D eigenvalue weighted by molar-refractivity contribution is 7.89. The largest absolute Gasteiger partial charge is 0.480 e. The van der Waals surface area contributed by atoms with Crippen LogP contribution in [0.25, 0.3) is 10.9 Å². The Labute approximate surface area is 186 Å². The molecule has 0 unspecified atom stereocenters. The van der Waals surface area contributed by atoms with Gasteiger partial charge in [0.1, 0.15) is 6.04 Å². The molecule has 9 heteroatoms. The average molecular weight is 456 g/mol. The number of aromatic nitrogens is 1. The van der Waals surface area contributed by atoms with Crippen molar-refractivity contribution in [3.63, 3.8) is 0 Å². The molecule has 0 spiro atoms. The molecule has 1 aliphatic rings. The quantitative estimate of drug-likeness (QED) is 0.506. The number of benzene rings is 2. The molecular weight excluding hydrogens is 430 g/mol. The Morgan fingerprint density at radius 3 is 2.59 bits per heavy atom. The van der Waals surface area contributed by atoms with Crippen LogP contribution < -0.4 is 5.32 Å². The lowest BCUT2D eigenvalue weighted by Crippen LogP contribution is -2.42. The number of hydrogen-bond acceptors (Lipinski definition) is 4. The number of nitrogens with zero attached hydrogens (tertiary/aromatic N) is 1. The summed E-state index contributed by atoms with van der Waals surface area (Å²) in [5.74, 6) is -1.78. The standard InChI is InChI=1S/C23H25N3O5S/c1-15-8-9-17(32(30,31)26-10-4-5-11-26)13-19(15)22(27)25-21(23(28)29)12-16-14-24-20-7-3-2-6-18(16)20/h2-3,6-9,13-14,21,24H,4-5,10-12H2,1H3,(H,25,27)(H,28,29)/t21-/m1/s1. The van der Waals surface area contributed by atoms with Crippen molar-refractivity contribution >= 4 is 32.8 Å². The van der Waals surface area contributed by atoms with Gasteiger partial charge in [-0.25, -0.2) is 13.2 Å². The number of H-pyrrole nitrogens is 1. The Morgan fingerprint density at radius 1 is 1.16 bits per heavy atom. The number of amides is 1. The molecule has 8 nitrogen and oxygen atoms in total. The molecule has 0 radical (unpaired) electrons. The van der Waals surface area contributed by atoms with E-state index < -0.39 is 27.9 Å². The van der Waals surface area contributed by atoms with Crippen molar-refractivity contribution in [2.75, 3.05) is 13.1 Å². The van der Waals surface area contributed by atoms with Gasteiger partial charge in [-0.2, -0.15) is 4.31 Å². The number of carbonyl (C=O) groups excluding carboxylic acids is 1. The van der Waals surface area contributed by atoms with Crippen LogP contribution >= 0.6 is 0 Å². The number of fused-ring (bicyclic) bond motifs is 1. The second kappa shape index (κ2) is 8.76. The third-order valence-corrected chi connectivity index (χ3v) is 7.75. The summed E-state index contributed by atoms with van der Waals surface area (Å²) in [4.78, 5) is 28.0. The van der Waals surface area contributed by atoms with E-state index in [0.29, 0.717) is 18.7 Å². The van der Waals surface area contributed by atoms with E-state index in [2.05, 4.69) is 10.3 Å². The summed E-state index contributed by atoms with van der Waals surface area (Å²) in [7, 11) is -3.69. The number of carboxylic acid groups (broad SMARTS) is 1. The van der Waals surface area contributed by atoms with Crippen molar-refractivity contribution in [3.05, 3.63) is 65.4 Å². The van der Waals surface area contributed by atoms with E-state index in [9.17, 15) is 23.1 Å². The van der Waals surface area contributed by atoms with Crippen molar-refractivity contribution in [1.82, 2.24) is 14.6 Å². The Bertz CT molecular complexity index is 1280. The summed E-state index contributed by atoms with van der Waals surface area (Å²) in [6, 6.07) is 10.8. The summed E-state index contributed by atoms with van der Waals surface area (Å²) >= 11 is 0. The Balaban J connectivity index is 1.58. The predicted octanol–water partition coefficient (Wildman–Crippen LogP) is 2.69. The number of hydrogen-bond donors (Lipinski definition) is 3. The number of aromatic amines is 1. The van der Waals surface area contributed by atoms with E-state index in [1.54, 1.807) is 19.2 Å². The molecule has 1 amide bonds. The molecule has 2 aromatic carbocycles. The zero-order valence-electron chi connectivity index (χ0n) is 17.7. The van der Waals surface area contributed by atoms with E-state index in [0.717, 1.165) is 29.3 Å². The first kappa shape index (κ1) is 22.0. The second-order valence-electron chi connectivity index (χ2n) is 8.02. The second-order valence-corrected chi connectivity index (χ2v) is 9.95. The average Bonchev–Trinajstić information content (AvgIpc) is 3.44. The maximum atomic E-state index is 13.0. The van der Waals surface area contributed by atoms with Gasteiger partial charge in [-0.05, 0) is 49.1 Å². The molecule has 1 atom stereocenters. The monoisotopic (exact) mass is 455 g/mol. The number of nitrogens with one attached hydrogen (secondary N) is 2. The van der Waals surface area contributed by atoms with Crippen molar-refractivity contribution in [1.29, 1.82) is 0 Å². The van der Waals surface area contributed by atoms with E-state index in [-0.39, 0.29) is 16.9 Å². The summed E-state index contributed by atoms with van der Waals surface area (Å²) in [6.45, 7) is 2.61. The van der Waals surface area contributed by atoms with Gasteiger partial charge in [0.25, 0.3) is 5.91 Å². The molecule has 4 rings (SSSR count). The predicted molar refractivity (Wildman–Crippen MR) is 120 cm³/mol. The third-order valence-electron chi connectivity index (χ3n) is 5.86. The van der Waals surface area contributed by atoms with Crippen molar-refractivity contribution in [2.24, 2.45) is 0 Å². The molecule has 1 aromatic heterocycles. The number of aryl methyl sites for hydroxylation is 1. The number of aliphatic carboxylic acids is 1. The van der Waals surface area contributed by atoms with E-state index in [4.69, 9.17) is 0 Å². The van der Waals surface area contributed by atoms with Gasteiger partial charge < -0.3 is 15.4 Å². The molecule has 1 saturated heterocycles. The lowest BCUT2D eigenvalue weighted by Gasteiger charge is -2.18. The number of sulfonamides is 1. The smallest absolute Gasteiger partial charge is 0.326 e. The summed E-state index contributed by atoms with van der Waals surface area (Å²) in [5, 5.41) is 13.2. The highest BCUT2D eigenvalue weighted by atomic mass is 32.2. The summed E-state index contributed by atoms with van der Waals surface area (Å²) < 4.78 is 27.2. The van der Waals surface area contributed by atoms with Gasteiger partial charge in [-0.1, -0.05) is 24.3 Å². The molecule has 0 aliphatic carbocycles. The van der Waals surface area contributed by atoms with Crippen LogP contribution in [0.1, 0.15) is 34.3 Å². The fraction of sp³-hybridized carbons (Fsp3) is 0.304. The van der Waals surface area contributed by atoms with Gasteiger partial charge in [0, 0.05) is 42.2 Å². The van der Waals surface area contributed by atoms with Crippen LogP contribution in [-0.4, -0.2) is 53.8 Å². The normalized spacial score (nSPS) is 15.7.